The lowest BCUT2D eigenvalue weighted by atomic mass is 9.79. The Hall–Kier alpha value is -5.40. The number of aryl methyl sites for hydroxylation is 1. The third-order valence-electron chi connectivity index (χ3n) is 12.4. The van der Waals surface area contributed by atoms with E-state index in [9.17, 15) is 14.4 Å². The van der Waals surface area contributed by atoms with E-state index in [-0.39, 0.29) is 12.5 Å². The van der Waals surface area contributed by atoms with Crippen LogP contribution in [-0.4, -0.2) is 49.1 Å². The van der Waals surface area contributed by atoms with Crippen LogP contribution in [0.25, 0.3) is 11.1 Å². The first-order chi connectivity index (χ1) is 30.8. The zero-order valence-electron chi connectivity index (χ0n) is 37.5. The molecule has 0 spiro atoms. The molecule has 0 radical (unpaired) electrons. The molecule has 1 aliphatic rings. The van der Waals surface area contributed by atoms with Gasteiger partial charge in [-0.3, -0.25) is 9.59 Å². The van der Waals surface area contributed by atoms with E-state index in [0.717, 1.165) is 72.8 Å². The van der Waals surface area contributed by atoms with Crippen molar-refractivity contribution in [3.63, 3.8) is 0 Å². The average molecular weight is 870 g/mol. The molecule has 2 amide bonds. The monoisotopic (exact) mass is 868 g/mol. The quantitative estimate of drug-likeness (QED) is 0.0379. The molecule has 0 aliphatic heterocycles. The van der Waals surface area contributed by atoms with E-state index in [0.29, 0.717) is 22.7 Å². The van der Waals surface area contributed by atoms with Gasteiger partial charge in [-0.15, -0.1) is 0 Å². The van der Waals surface area contributed by atoms with E-state index >= 15 is 0 Å². The van der Waals surface area contributed by atoms with Gasteiger partial charge in [-0.05, 0) is 53.1 Å². The van der Waals surface area contributed by atoms with Crippen LogP contribution >= 0.6 is 11.6 Å². The highest BCUT2D eigenvalue weighted by molar-refractivity contribution is 6.31. The minimum atomic E-state index is -1.48. The third kappa shape index (κ3) is 12.2. The van der Waals surface area contributed by atoms with Gasteiger partial charge in [0.15, 0.2) is 5.60 Å². The summed E-state index contributed by atoms with van der Waals surface area (Å²) in [6, 6.07) is 40.2. The van der Waals surface area contributed by atoms with Crippen molar-refractivity contribution in [3.8, 4) is 11.1 Å². The highest BCUT2D eigenvalue weighted by Gasteiger charge is 2.43. The first-order valence-electron chi connectivity index (χ1n) is 23.2. The Kier molecular flexibility index (Phi) is 17.8. The maximum absolute atomic E-state index is 14.7. The first-order valence-corrected chi connectivity index (χ1v) is 23.6. The van der Waals surface area contributed by atoms with Gasteiger partial charge in [0.25, 0.3) is 0 Å². The number of unbranched alkanes of at least 4 members (excludes halogenated alkanes) is 10. The van der Waals surface area contributed by atoms with Crippen LogP contribution in [0, 0.1) is 0 Å². The van der Waals surface area contributed by atoms with Gasteiger partial charge in [-0.2, -0.15) is 0 Å². The number of likely N-dealkylation sites (N-methyl/N-ethyl adjacent to an activating group) is 1. The fourth-order valence-electron chi connectivity index (χ4n) is 8.95. The molecular weight excluding hydrogens is 804 g/mol. The van der Waals surface area contributed by atoms with Crippen LogP contribution in [0.1, 0.15) is 137 Å². The number of amides is 2. The predicted octanol–water partition coefficient (Wildman–Crippen LogP) is 13.2. The molecule has 5 aromatic carbocycles. The molecule has 7 nitrogen and oxygen atoms in total. The molecule has 0 saturated carbocycles. The number of esters is 1. The highest BCUT2D eigenvalue weighted by Crippen LogP contribution is 2.45. The Bertz CT molecular complexity index is 2180. The number of alkyl carbamates (subject to hydrolysis) is 1. The van der Waals surface area contributed by atoms with Crippen LogP contribution < -0.4 is 5.32 Å². The van der Waals surface area contributed by atoms with Gasteiger partial charge in [0.1, 0.15) is 12.6 Å². The molecule has 8 heteroatoms. The maximum Gasteiger partial charge on any atom is 0.407 e. The van der Waals surface area contributed by atoms with Crippen LogP contribution in [0.4, 0.5) is 4.79 Å². The van der Waals surface area contributed by atoms with Crippen molar-refractivity contribution in [2.75, 3.05) is 20.2 Å². The number of hydrogen-bond acceptors (Lipinski definition) is 5. The Morgan fingerprint density at radius 3 is 1.83 bits per heavy atom. The minimum absolute atomic E-state index is 0.0668. The molecule has 63 heavy (non-hydrogen) atoms. The number of nitrogens with one attached hydrogen (secondary N) is 1. The molecule has 6 rings (SSSR count). The van der Waals surface area contributed by atoms with Crippen LogP contribution in [0.3, 0.4) is 0 Å². The van der Waals surface area contributed by atoms with E-state index in [1.165, 1.54) is 44.1 Å². The Labute approximate surface area is 380 Å². The second kappa shape index (κ2) is 23.9. The first kappa shape index (κ1) is 47.1. The number of fused-ring (bicyclic) bond motifs is 3. The minimum Gasteiger partial charge on any atom is -0.449 e. The molecule has 0 saturated heterocycles. The van der Waals surface area contributed by atoms with Crippen molar-refractivity contribution in [1.29, 1.82) is 0 Å². The van der Waals surface area contributed by atoms with Gasteiger partial charge < -0.3 is 19.7 Å². The highest BCUT2D eigenvalue weighted by atomic mass is 35.5. The van der Waals surface area contributed by atoms with Crippen molar-refractivity contribution in [3.05, 3.63) is 166 Å². The average Bonchev–Trinajstić information content (AvgIpc) is 3.63. The lowest BCUT2D eigenvalue weighted by molar-refractivity contribution is -0.156. The number of carbonyl (C=O) groups is 3. The molecule has 1 unspecified atom stereocenters. The summed E-state index contributed by atoms with van der Waals surface area (Å²) < 4.78 is 12.7. The molecular formula is C55H65ClN2O5. The van der Waals surface area contributed by atoms with Gasteiger partial charge in [-0.25, -0.2) is 4.79 Å². The molecule has 5 aromatic rings. The fourth-order valence-corrected chi connectivity index (χ4v) is 9.22. The van der Waals surface area contributed by atoms with Crippen molar-refractivity contribution in [1.82, 2.24) is 10.2 Å². The summed E-state index contributed by atoms with van der Waals surface area (Å²) in [7, 11) is 1.72. The molecule has 2 atom stereocenters. The van der Waals surface area contributed by atoms with E-state index in [1.54, 1.807) is 18.0 Å². The standard InChI is InChI=1S/C55H65ClN2O5/c1-4-6-8-10-12-15-25-41-34-36-43(37-35-41)55(42-26-16-14-17-27-42,49-32-22-23-33-50(49)56)63-52(59)39-51(53(60)58(3)38-24-13-11-9-7-5-2)57-54(61)62-40-48-46-30-20-18-28-44(46)45-29-19-21-31-47(45)48/h14,16-23,26-37,48,51H,4-13,15,24-25,38-40H2,1-3H3,(H,57,61)/t51-,55?/m0/s1. The summed E-state index contributed by atoms with van der Waals surface area (Å²) in [5.74, 6) is -1.24. The normalized spacial score (nSPS) is 13.3. The molecule has 0 bridgehead atoms. The van der Waals surface area contributed by atoms with Gasteiger partial charge >= 0.3 is 12.1 Å². The second-order valence-corrected chi connectivity index (χ2v) is 17.4. The zero-order valence-corrected chi connectivity index (χ0v) is 38.2. The third-order valence-corrected chi connectivity index (χ3v) is 12.7. The number of halogens is 1. The van der Waals surface area contributed by atoms with Crippen molar-refractivity contribution >= 4 is 29.6 Å². The van der Waals surface area contributed by atoms with Gasteiger partial charge in [0, 0.05) is 41.2 Å². The Morgan fingerprint density at radius 1 is 0.651 bits per heavy atom. The van der Waals surface area contributed by atoms with Gasteiger partial charge in [0.05, 0.1) is 6.42 Å². The predicted molar refractivity (Wildman–Crippen MR) is 255 cm³/mol. The summed E-state index contributed by atoms with van der Waals surface area (Å²) in [5.41, 5.74) is 6.11. The van der Waals surface area contributed by atoms with Crippen LogP contribution in [0.5, 0.6) is 0 Å². The van der Waals surface area contributed by atoms with Gasteiger partial charge in [-0.1, -0.05) is 211 Å². The number of ether oxygens (including phenoxy) is 2. The summed E-state index contributed by atoms with van der Waals surface area (Å²) >= 11 is 7.02. The number of nitrogens with zero attached hydrogens (tertiary/aromatic N) is 1. The Morgan fingerprint density at radius 2 is 1.19 bits per heavy atom. The number of carbonyl (C=O) groups excluding carboxylic acids is 3. The summed E-state index contributed by atoms with van der Waals surface area (Å²) in [6.07, 6.45) is 13.4. The lowest BCUT2D eigenvalue weighted by Crippen LogP contribution is -2.49. The molecule has 0 fully saturated rings. The number of hydrogen-bond donors (Lipinski definition) is 1. The largest absolute Gasteiger partial charge is 0.449 e. The van der Waals surface area contributed by atoms with Crippen LogP contribution in [0.2, 0.25) is 5.02 Å². The summed E-state index contributed by atoms with van der Waals surface area (Å²) in [6.45, 7) is 4.97. The maximum atomic E-state index is 14.7. The van der Waals surface area contributed by atoms with Crippen LogP contribution in [0.15, 0.2) is 127 Å². The second-order valence-electron chi connectivity index (χ2n) is 17.0. The molecule has 0 heterocycles. The van der Waals surface area contributed by atoms with Gasteiger partial charge in [0.2, 0.25) is 5.91 Å². The van der Waals surface area contributed by atoms with Crippen LogP contribution in [-0.2, 0) is 31.1 Å². The van der Waals surface area contributed by atoms with E-state index in [4.69, 9.17) is 21.1 Å². The number of benzene rings is 5. The smallest absolute Gasteiger partial charge is 0.407 e. The SMILES string of the molecule is CCCCCCCCc1ccc(C(OC(=O)C[C@H](NC(=O)OCC2c3ccccc3-c3ccccc32)C(=O)N(C)CCCCCCCC)(c2ccccc2)c2ccccc2Cl)cc1. The molecule has 0 aromatic heterocycles. The van der Waals surface area contributed by atoms with E-state index < -0.39 is 36.0 Å². The molecule has 1 N–H and O–H groups in total. The molecule has 1 aliphatic carbocycles. The van der Waals surface area contributed by atoms with E-state index in [1.807, 2.05) is 84.9 Å². The fraction of sp³-hybridized carbons (Fsp3) is 0.400. The summed E-state index contributed by atoms with van der Waals surface area (Å²) in [5, 5.41) is 3.22. The number of rotatable bonds is 24. The van der Waals surface area contributed by atoms with Crippen molar-refractivity contribution < 1.29 is 23.9 Å². The lowest BCUT2D eigenvalue weighted by Gasteiger charge is -2.36. The van der Waals surface area contributed by atoms with Crippen molar-refractivity contribution in [2.24, 2.45) is 0 Å². The van der Waals surface area contributed by atoms with E-state index in [2.05, 4.69) is 55.6 Å². The topological polar surface area (TPSA) is 84.9 Å². The Balaban J connectivity index is 1.26. The molecule has 332 valence electrons. The summed E-state index contributed by atoms with van der Waals surface area (Å²) in [4.78, 5) is 44.4. The zero-order chi connectivity index (χ0) is 44.4. The van der Waals surface area contributed by atoms with Crippen molar-refractivity contribution in [2.45, 2.75) is 121 Å².